The van der Waals surface area contributed by atoms with Crippen molar-refractivity contribution in [3.63, 3.8) is 0 Å². The van der Waals surface area contributed by atoms with Gasteiger partial charge in [-0.1, -0.05) is 0 Å². The zero-order chi connectivity index (χ0) is 8.29. The van der Waals surface area contributed by atoms with Crippen molar-refractivity contribution in [3.8, 4) is 0 Å². The van der Waals surface area contributed by atoms with Gasteiger partial charge in [0.25, 0.3) is 0 Å². The monoisotopic (exact) mass is 184 g/mol. The molecular weight excluding hydrogens is 172 g/mol. The summed E-state index contributed by atoms with van der Waals surface area (Å²) < 4.78 is 10.8. The lowest BCUT2D eigenvalue weighted by atomic mass is 9.81. The van der Waals surface area contributed by atoms with Crippen LogP contribution in [0.5, 0.6) is 0 Å². The highest BCUT2D eigenvalue weighted by atomic mass is 28.1. The topological polar surface area (TPSA) is 35.5 Å². The van der Waals surface area contributed by atoms with Gasteiger partial charge < -0.3 is 9.47 Å². The number of carbonyl (C=O) groups excluding carboxylic acids is 1. The summed E-state index contributed by atoms with van der Waals surface area (Å²) in [5.41, 5.74) is 0.755. The summed E-state index contributed by atoms with van der Waals surface area (Å²) in [4.78, 5) is 11.3. The summed E-state index contributed by atoms with van der Waals surface area (Å²) >= 11 is 0. The van der Waals surface area contributed by atoms with Crippen LogP contribution in [0.1, 0.15) is 6.42 Å². The lowest BCUT2D eigenvalue weighted by molar-refractivity contribution is -0.143. The Labute approximate surface area is 73.8 Å². The average Bonchev–Trinajstić information content (AvgIpc) is 2.62. The minimum absolute atomic E-state index is 0.0129. The molecule has 3 saturated heterocycles. The van der Waals surface area contributed by atoms with Gasteiger partial charge in [0.1, 0.15) is 0 Å². The molecule has 3 rings (SSSR count). The molecule has 3 aliphatic heterocycles. The van der Waals surface area contributed by atoms with Gasteiger partial charge in [0.2, 0.25) is 0 Å². The summed E-state index contributed by atoms with van der Waals surface area (Å²) in [7, 11) is 1.19. The average molecular weight is 184 g/mol. The van der Waals surface area contributed by atoms with E-state index < -0.39 is 0 Å². The molecule has 0 aromatic carbocycles. The maximum atomic E-state index is 11.3. The second-order valence-electron chi connectivity index (χ2n) is 4.17. The molecule has 5 atom stereocenters. The molecule has 4 heteroatoms. The summed E-state index contributed by atoms with van der Waals surface area (Å²) in [5.74, 6) is 0.486. The Morgan fingerprint density at radius 2 is 2.33 bits per heavy atom. The molecule has 3 fully saturated rings. The molecule has 0 saturated carbocycles. The number of hydrogen-bond donors (Lipinski definition) is 0. The molecule has 12 heavy (non-hydrogen) atoms. The Kier molecular flexibility index (Phi) is 1.25. The van der Waals surface area contributed by atoms with Crippen LogP contribution in [0.4, 0.5) is 0 Å². The van der Waals surface area contributed by atoms with E-state index in [2.05, 4.69) is 0 Å². The van der Waals surface area contributed by atoms with E-state index in [4.69, 9.17) is 9.47 Å². The normalized spacial score (nSPS) is 56.0. The van der Waals surface area contributed by atoms with E-state index in [-0.39, 0.29) is 18.0 Å². The van der Waals surface area contributed by atoms with Crippen LogP contribution in [-0.2, 0) is 14.3 Å². The van der Waals surface area contributed by atoms with Crippen molar-refractivity contribution in [1.82, 2.24) is 0 Å². The number of hydrogen-bond acceptors (Lipinski definition) is 3. The van der Waals surface area contributed by atoms with Gasteiger partial charge in [0, 0.05) is 16.2 Å². The Morgan fingerprint density at radius 1 is 1.50 bits per heavy atom. The Hall–Kier alpha value is -0.353. The number of esters is 1. The molecule has 0 aromatic heterocycles. The fourth-order valence-electron chi connectivity index (χ4n) is 2.93. The highest BCUT2D eigenvalue weighted by molar-refractivity contribution is 6.12. The third kappa shape index (κ3) is 0.677. The molecule has 0 amide bonds. The predicted octanol–water partition coefficient (Wildman–Crippen LogP) is -0.899. The molecule has 0 aromatic rings. The first-order valence-electron chi connectivity index (χ1n) is 4.59. The van der Waals surface area contributed by atoms with E-state index in [1.165, 1.54) is 10.2 Å². The van der Waals surface area contributed by atoms with Crippen LogP contribution < -0.4 is 0 Å². The molecule has 0 aliphatic carbocycles. The fraction of sp³-hybridized carbons (Fsp3) is 0.875. The van der Waals surface area contributed by atoms with Gasteiger partial charge >= 0.3 is 5.97 Å². The van der Waals surface area contributed by atoms with Gasteiger partial charge in [-0.15, -0.1) is 0 Å². The van der Waals surface area contributed by atoms with Crippen LogP contribution in [0.25, 0.3) is 0 Å². The van der Waals surface area contributed by atoms with Gasteiger partial charge in [0.15, 0.2) is 0 Å². The number of cyclic esters (lactones) is 1. The largest absolute Gasteiger partial charge is 0.465 e. The van der Waals surface area contributed by atoms with Crippen molar-refractivity contribution in [2.45, 2.75) is 24.2 Å². The smallest absolute Gasteiger partial charge is 0.312 e. The first-order chi connectivity index (χ1) is 5.77. The lowest BCUT2D eigenvalue weighted by Gasteiger charge is -2.21. The molecule has 3 nitrogen and oxygen atoms in total. The minimum atomic E-state index is -0.0129. The van der Waals surface area contributed by atoms with Crippen LogP contribution >= 0.6 is 0 Å². The lowest BCUT2D eigenvalue weighted by Crippen LogP contribution is -2.30. The van der Waals surface area contributed by atoms with E-state index in [1.807, 2.05) is 0 Å². The molecule has 0 N–H and O–H groups in total. The number of ether oxygens (including phenoxy) is 2. The summed E-state index contributed by atoms with van der Waals surface area (Å²) in [6.07, 6.45) is 1.67. The molecule has 66 valence electrons. The van der Waals surface area contributed by atoms with Gasteiger partial charge in [-0.05, 0) is 12.0 Å². The van der Waals surface area contributed by atoms with Gasteiger partial charge in [0.05, 0.1) is 24.7 Å². The quantitative estimate of drug-likeness (QED) is 0.361. The summed E-state index contributed by atoms with van der Waals surface area (Å²) in [5, 5.41) is 0. The molecule has 3 heterocycles. The molecular formula is C8H12O3Si. The third-order valence-corrected chi connectivity index (χ3v) is 4.60. The second kappa shape index (κ2) is 2.11. The van der Waals surface area contributed by atoms with Crippen molar-refractivity contribution in [3.05, 3.63) is 0 Å². The van der Waals surface area contributed by atoms with Crippen LogP contribution in [0.15, 0.2) is 0 Å². The molecule has 0 spiro atoms. The van der Waals surface area contributed by atoms with E-state index in [9.17, 15) is 4.79 Å². The molecule has 3 aliphatic rings. The standard InChI is InChI=1S/C8H12O3Si/c9-8-6-3(2-10-8)7-5(12)1-4(6)11-7/h3-7H,1-2H2,12H3. The molecule has 0 radical (unpaired) electrons. The third-order valence-electron chi connectivity index (χ3n) is 3.47. The maximum absolute atomic E-state index is 11.3. The van der Waals surface area contributed by atoms with E-state index in [1.54, 1.807) is 0 Å². The van der Waals surface area contributed by atoms with Crippen molar-refractivity contribution in [2.24, 2.45) is 11.8 Å². The van der Waals surface area contributed by atoms with Gasteiger partial charge in [-0.2, -0.15) is 0 Å². The zero-order valence-electron chi connectivity index (χ0n) is 7.03. The van der Waals surface area contributed by atoms with Crippen LogP contribution in [-0.4, -0.2) is 35.0 Å². The van der Waals surface area contributed by atoms with Crippen molar-refractivity contribution in [1.29, 1.82) is 0 Å². The van der Waals surface area contributed by atoms with Crippen molar-refractivity contribution >= 4 is 16.2 Å². The maximum Gasteiger partial charge on any atom is 0.312 e. The zero-order valence-corrected chi connectivity index (χ0v) is 9.03. The van der Waals surface area contributed by atoms with E-state index >= 15 is 0 Å². The van der Waals surface area contributed by atoms with Crippen molar-refractivity contribution in [2.75, 3.05) is 6.61 Å². The van der Waals surface area contributed by atoms with Crippen LogP contribution in [0.2, 0.25) is 5.54 Å². The Morgan fingerprint density at radius 3 is 3.17 bits per heavy atom. The molecule has 5 unspecified atom stereocenters. The second-order valence-corrected chi connectivity index (χ2v) is 5.65. The fourth-order valence-corrected chi connectivity index (χ4v) is 4.04. The highest BCUT2D eigenvalue weighted by Crippen LogP contribution is 2.51. The number of carbonyl (C=O) groups is 1. The van der Waals surface area contributed by atoms with Crippen LogP contribution in [0.3, 0.4) is 0 Å². The number of rotatable bonds is 0. The minimum Gasteiger partial charge on any atom is -0.465 e. The van der Waals surface area contributed by atoms with Crippen LogP contribution in [0, 0.1) is 11.8 Å². The Balaban J connectivity index is 1.94. The first kappa shape index (κ1) is 7.09. The Bertz CT molecular complexity index is 242. The first-order valence-corrected chi connectivity index (χ1v) is 5.75. The van der Waals surface area contributed by atoms with E-state index in [0.29, 0.717) is 18.6 Å². The van der Waals surface area contributed by atoms with Gasteiger partial charge in [-0.25, -0.2) is 0 Å². The SMILES string of the molecule is O=C1OCC2C3OC(CC3[SiH3])C12. The summed E-state index contributed by atoms with van der Waals surface area (Å²) in [6.45, 7) is 0.614. The predicted molar refractivity (Wildman–Crippen MR) is 44.9 cm³/mol. The highest BCUT2D eigenvalue weighted by Gasteiger charge is 2.59. The summed E-state index contributed by atoms with van der Waals surface area (Å²) in [6, 6.07) is 0. The molecule has 2 bridgehead atoms. The van der Waals surface area contributed by atoms with Crippen molar-refractivity contribution < 1.29 is 14.3 Å². The number of fused-ring (bicyclic) bond motifs is 5. The van der Waals surface area contributed by atoms with Gasteiger partial charge in [-0.3, -0.25) is 4.79 Å². The van der Waals surface area contributed by atoms with E-state index in [0.717, 1.165) is 12.0 Å².